The second-order valence-electron chi connectivity index (χ2n) is 3.52. The molecular weight excluding hydrogens is 160 g/mol. The molecule has 1 heterocycles. The molecule has 1 rings (SSSR count). The van der Waals surface area contributed by atoms with E-state index in [-0.39, 0.29) is 0 Å². The fourth-order valence-electron chi connectivity index (χ4n) is 1.45. The molecule has 1 aromatic heterocycles. The first-order valence-electron chi connectivity index (χ1n) is 4.95. The highest BCUT2D eigenvalue weighted by Crippen LogP contribution is 2.09. The molecule has 2 heteroatoms. The van der Waals surface area contributed by atoms with Gasteiger partial charge in [0, 0.05) is 5.69 Å². The van der Waals surface area contributed by atoms with Crippen LogP contribution in [0.5, 0.6) is 0 Å². The van der Waals surface area contributed by atoms with Gasteiger partial charge in [-0.25, -0.2) is 4.98 Å². The quantitative estimate of drug-likeness (QED) is 0.720. The van der Waals surface area contributed by atoms with Crippen molar-refractivity contribution in [3.63, 3.8) is 0 Å². The van der Waals surface area contributed by atoms with Crippen molar-refractivity contribution >= 4 is 5.82 Å². The molecule has 0 aromatic carbocycles. The van der Waals surface area contributed by atoms with Gasteiger partial charge < -0.3 is 5.73 Å². The average molecular weight is 178 g/mol. The second kappa shape index (κ2) is 4.85. The van der Waals surface area contributed by atoms with Crippen molar-refractivity contribution in [2.24, 2.45) is 0 Å². The van der Waals surface area contributed by atoms with E-state index in [2.05, 4.69) is 24.9 Å². The van der Waals surface area contributed by atoms with Gasteiger partial charge in [-0.3, -0.25) is 0 Å². The van der Waals surface area contributed by atoms with Crippen molar-refractivity contribution in [3.8, 4) is 0 Å². The van der Waals surface area contributed by atoms with E-state index in [0.717, 1.165) is 12.1 Å². The van der Waals surface area contributed by atoms with Crippen molar-refractivity contribution in [3.05, 3.63) is 23.4 Å². The number of nitrogens with zero attached hydrogens (tertiary/aromatic N) is 1. The molecule has 0 saturated heterocycles. The summed E-state index contributed by atoms with van der Waals surface area (Å²) in [5, 5.41) is 0. The lowest BCUT2D eigenvalue weighted by molar-refractivity contribution is 0.707. The molecule has 0 amide bonds. The Morgan fingerprint density at radius 1 is 1.31 bits per heavy atom. The lowest BCUT2D eigenvalue weighted by Crippen LogP contribution is -1.97. The molecule has 0 aliphatic carbocycles. The first kappa shape index (κ1) is 10.0. The van der Waals surface area contributed by atoms with E-state index in [9.17, 15) is 0 Å². The van der Waals surface area contributed by atoms with Crippen LogP contribution in [0.3, 0.4) is 0 Å². The number of aryl methyl sites for hydroxylation is 2. The molecule has 0 fully saturated rings. The Morgan fingerprint density at radius 2 is 2.08 bits per heavy atom. The Balaban J connectivity index is 2.56. The van der Waals surface area contributed by atoms with E-state index in [1.54, 1.807) is 0 Å². The van der Waals surface area contributed by atoms with E-state index in [4.69, 9.17) is 5.73 Å². The van der Waals surface area contributed by atoms with Crippen molar-refractivity contribution in [1.82, 2.24) is 4.98 Å². The molecule has 0 saturated carbocycles. The monoisotopic (exact) mass is 178 g/mol. The maximum atomic E-state index is 5.65. The fourth-order valence-corrected chi connectivity index (χ4v) is 1.45. The van der Waals surface area contributed by atoms with E-state index < -0.39 is 0 Å². The highest BCUT2D eigenvalue weighted by atomic mass is 14.8. The summed E-state index contributed by atoms with van der Waals surface area (Å²) in [4.78, 5) is 4.28. The van der Waals surface area contributed by atoms with Crippen LogP contribution in [0.15, 0.2) is 12.1 Å². The first-order valence-corrected chi connectivity index (χ1v) is 4.95. The number of anilines is 1. The Bertz CT molecular complexity index is 249. The molecule has 0 spiro atoms. The number of pyridine rings is 1. The Labute approximate surface area is 80.2 Å². The van der Waals surface area contributed by atoms with Crippen molar-refractivity contribution < 1.29 is 0 Å². The third-order valence-electron chi connectivity index (χ3n) is 2.08. The Kier molecular flexibility index (Phi) is 3.74. The second-order valence-corrected chi connectivity index (χ2v) is 3.52. The Morgan fingerprint density at radius 3 is 2.69 bits per heavy atom. The number of rotatable bonds is 4. The molecular formula is C11H18N2. The summed E-state index contributed by atoms with van der Waals surface area (Å²) in [7, 11) is 0. The van der Waals surface area contributed by atoms with E-state index >= 15 is 0 Å². The molecule has 1 aromatic rings. The minimum absolute atomic E-state index is 0.645. The van der Waals surface area contributed by atoms with Crippen LogP contribution in [0, 0.1) is 6.92 Å². The van der Waals surface area contributed by atoms with Gasteiger partial charge in [0.2, 0.25) is 0 Å². The minimum Gasteiger partial charge on any atom is -0.384 e. The predicted octanol–water partition coefficient (Wildman–Crippen LogP) is 2.70. The highest BCUT2D eigenvalue weighted by molar-refractivity contribution is 5.34. The SMILES string of the molecule is CCCCCc1cc(C)cc(N)n1. The van der Waals surface area contributed by atoms with E-state index in [1.807, 2.05) is 6.07 Å². The van der Waals surface area contributed by atoms with Gasteiger partial charge in [-0.05, 0) is 37.5 Å². The number of aromatic nitrogens is 1. The summed E-state index contributed by atoms with van der Waals surface area (Å²) in [5.41, 5.74) is 7.99. The van der Waals surface area contributed by atoms with Gasteiger partial charge in [0.1, 0.15) is 5.82 Å². The van der Waals surface area contributed by atoms with Crippen LogP contribution in [0.2, 0.25) is 0 Å². The minimum atomic E-state index is 0.645. The van der Waals surface area contributed by atoms with E-state index in [0.29, 0.717) is 5.82 Å². The van der Waals surface area contributed by atoms with Crippen molar-refractivity contribution in [2.75, 3.05) is 5.73 Å². The fraction of sp³-hybridized carbons (Fsp3) is 0.545. The number of hydrogen-bond donors (Lipinski definition) is 1. The summed E-state index contributed by atoms with van der Waals surface area (Å²) in [6.45, 7) is 4.26. The van der Waals surface area contributed by atoms with Gasteiger partial charge in [0.15, 0.2) is 0 Å². The van der Waals surface area contributed by atoms with Crippen molar-refractivity contribution in [2.45, 2.75) is 39.5 Å². The lowest BCUT2D eigenvalue weighted by Gasteiger charge is -2.02. The molecule has 0 bridgehead atoms. The average Bonchev–Trinajstić information content (AvgIpc) is 2.03. The van der Waals surface area contributed by atoms with Gasteiger partial charge in [-0.1, -0.05) is 19.8 Å². The van der Waals surface area contributed by atoms with Crippen LogP contribution in [0.25, 0.3) is 0 Å². The number of hydrogen-bond acceptors (Lipinski definition) is 2. The van der Waals surface area contributed by atoms with Gasteiger partial charge in [0.05, 0.1) is 0 Å². The van der Waals surface area contributed by atoms with Gasteiger partial charge in [0.25, 0.3) is 0 Å². The third-order valence-corrected chi connectivity index (χ3v) is 2.08. The van der Waals surface area contributed by atoms with Crippen LogP contribution >= 0.6 is 0 Å². The summed E-state index contributed by atoms with van der Waals surface area (Å²) in [6.07, 6.45) is 4.79. The molecule has 0 aliphatic heterocycles. The zero-order valence-electron chi connectivity index (χ0n) is 8.51. The molecule has 2 N–H and O–H groups in total. The summed E-state index contributed by atoms with van der Waals surface area (Å²) in [6, 6.07) is 4.02. The molecule has 0 atom stereocenters. The van der Waals surface area contributed by atoms with Crippen molar-refractivity contribution in [1.29, 1.82) is 0 Å². The van der Waals surface area contributed by atoms with Crippen LogP contribution in [0.1, 0.15) is 37.4 Å². The highest BCUT2D eigenvalue weighted by Gasteiger charge is 1.97. The number of unbranched alkanes of at least 4 members (excludes halogenated alkanes) is 2. The summed E-state index contributed by atoms with van der Waals surface area (Å²) in [5.74, 6) is 0.645. The molecule has 13 heavy (non-hydrogen) atoms. The molecule has 72 valence electrons. The topological polar surface area (TPSA) is 38.9 Å². The van der Waals surface area contributed by atoms with Crippen LogP contribution in [-0.4, -0.2) is 4.98 Å². The lowest BCUT2D eigenvalue weighted by atomic mass is 10.1. The standard InChI is InChI=1S/C11H18N2/c1-3-4-5-6-10-7-9(2)8-11(12)13-10/h7-8H,3-6H2,1-2H3,(H2,12,13). The van der Waals surface area contributed by atoms with Crippen LogP contribution in [0.4, 0.5) is 5.82 Å². The maximum absolute atomic E-state index is 5.65. The Hall–Kier alpha value is -1.05. The van der Waals surface area contributed by atoms with Crippen LogP contribution < -0.4 is 5.73 Å². The predicted molar refractivity (Wildman–Crippen MR) is 56.6 cm³/mol. The molecule has 0 unspecified atom stereocenters. The zero-order chi connectivity index (χ0) is 9.68. The van der Waals surface area contributed by atoms with Crippen LogP contribution in [-0.2, 0) is 6.42 Å². The smallest absolute Gasteiger partial charge is 0.123 e. The van der Waals surface area contributed by atoms with Gasteiger partial charge >= 0.3 is 0 Å². The molecule has 0 aliphatic rings. The normalized spacial score (nSPS) is 10.3. The number of nitrogen functional groups attached to an aromatic ring is 1. The summed E-state index contributed by atoms with van der Waals surface area (Å²) >= 11 is 0. The first-order chi connectivity index (χ1) is 6.22. The molecule has 2 nitrogen and oxygen atoms in total. The number of nitrogens with two attached hydrogens (primary N) is 1. The van der Waals surface area contributed by atoms with Gasteiger partial charge in [-0.15, -0.1) is 0 Å². The largest absolute Gasteiger partial charge is 0.384 e. The van der Waals surface area contributed by atoms with Gasteiger partial charge in [-0.2, -0.15) is 0 Å². The van der Waals surface area contributed by atoms with E-state index in [1.165, 1.54) is 24.8 Å². The third kappa shape index (κ3) is 3.45. The zero-order valence-corrected chi connectivity index (χ0v) is 8.51. The summed E-state index contributed by atoms with van der Waals surface area (Å²) < 4.78 is 0. The molecule has 0 radical (unpaired) electrons. The maximum Gasteiger partial charge on any atom is 0.123 e.